The van der Waals surface area contributed by atoms with Crippen LogP contribution >= 0.6 is 24.4 Å². The molecule has 0 unspecified atom stereocenters. The van der Waals surface area contributed by atoms with E-state index < -0.39 is 12.2 Å². The molecule has 2 amide bonds. The quantitative estimate of drug-likeness (QED) is 0.303. The van der Waals surface area contributed by atoms with Gasteiger partial charge in [-0.25, -0.2) is 9.59 Å². The van der Waals surface area contributed by atoms with Crippen LogP contribution in [0.3, 0.4) is 0 Å². The third-order valence-corrected chi connectivity index (χ3v) is 0.840. The van der Waals surface area contributed by atoms with E-state index in [-0.39, 0.29) is 10.2 Å². The van der Waals surface area contributed by atoms with Crippen molar-refractivity contribution in [1.29, 1.82) is 0 Å². The number of nitrogens with one attached hydrogen (secondary N) is 2. The second-order valence-electron chi connectivity index (χ2n) is 1.66. The summed E-state index contributed by atoms with van der Waals surface area (Å²) in [5.41, 5.74) is 9.82. The molecule has 0 rings (SSSR count). The number of alkyl carbamates (subject to hydrolysis) is 2. The van der Waals surface area contributed by atoms with E-state index in [1.165, 1.54) is 0 Å². The van der Waals surface area contributed by atoms with Crippen LogP contribution in [0.2, 0.25) is 0 Å². The average Bonchev–Trinajstić information content (AvgIpc) is 1.80. The fourth-order valence-corrected chi connectivity index (χ4v) is 0.503. The van der Waals surface area contributed by atoms with Gasteiger partial charge >= 0.3 is 12.2 Å². The van der Waals surface area contributed by atoms with Crippen LogP contribution in [0.25, 0.3) is 0 Å². The van der Waals surface area contributed by atoms with E-state index in [1.54, 1.807) is 0 Å². The molecule has 13 heavy (non-hydrogen) atoms. The van der Waals surface area contributed by atoms with Gasteiger partial charge in [0.15, 0.2) is 10.2 Å². The maximum absolute atomic E-state index is 10.6. The first-order valence-corrected chi connectivity index (χ1v) is 3.62. The van der Waals surface area contributed by atoms with E-state index in [2.05, 4.69) is 29.2 Å². The topological polar surface area (TPSA) is 119 Å². The highest BCUT2D eigenvalue weighted by Gasteiger charge is 2.10. The smallest absolute Gasteiger partial charge is 0.376 e. The van der Waals surface area contributed by atoms with Gasteiger partial charge in [0.25, 0.3) is 0 Å². The molecule has 0 aliphatic heterocycles. The highest BCUT2D eigenvalue weighted by atomic mass is 32.1. The molecule has 0 aromatic rings. The molecule has 0 bridgehead atoms. The molecule has 0 atom stereocenters. The summed E-state index contributed by atoms with van der Waals surface area (Å²) in [7, 11) is 0. The van der Waals surface area contributed by atoms with E-state index in [4.69, 9.17) is 11.5 Å². The molecule has 0 aliphatic carbocycles. The minimum absolute atomic E-state index is 0.312. The predicted octanol–water partition coefficient (Wildman–Crippen LogP) is -1.09. The third kappa shape index (κ3) is 6.90. The zero-order chi connectivity index (χ0) is 10.4. The Labute approximate surface area is 83.8 Å². The van der Waals surface area contributed by atoms with Crippen molar-refractivity contribution in [3.8, 4) is 0 Å². The molecular weight excluding hydrogens is 216 g/mol. The van der Waals surface area contributed by atoms with Crippen LogP contribution in [0, 0.1) is 0 Å². The molecule has 0 heterocycles. The lowest BCUT2D eigenvalue weighted by molar-refractivity contribution is 0.157. The number of rotatable bonds is 0. The van der Waals surface area contributed by atoms with Crippen LogP contribution in [0.15, 0.2) is 0 Å². The first kappa shape index (κ1) is 11.5. The van der Waals surface area contributed by atoms with Crippen molar-refractivity contribution >= 4 is 46.8 Å². The summed E-state index contributed by atoms with van der Waals surface area (Å²) in [5, 5.41) is 3.08. The molecule has 0 fully saturated rings. The van der Waals surface area contributed by atoms with Gasteiger partial charge in [-0.15, -0.1) is 0 Å². The Morgan fingerprint density at radius 2 is 1.31 bits per heavy atom. The van der Waals surface area contributed by atoms with Crippen LogP contribution < -0.4 is 22.1 Å². The number of carbonyl (C=O) groups is 2. The molecule has 0 radical (unpaired) electrons. The number of hydrogen-bond donors (Lipinski definition) is 4. The number of carbonyl (C=O) groups excluding carboxylic acids is 2. The second-order valence-corrected chi connectivity index (χ2v) is 2.54. The predicted molar refractivity (Wildman–Crippen MR) is 51.7 cm³/mol. The van der Waals surface area contributed by atoms with Gasteiger partial charge in [-0.2, -0.15) is 0 Å². The van der Waals surface area contributed by atoms with Crippen molar-refractivity contribution < 1.29 is 14.3 Å². The average molecular weight is 222 g/mol. The van der Waals surface area contributed by atoms with Gasteiger partial charge in [-0.05, 0) is 24.4 Å². The Balaban J connectivity index is 3.85. The van der Waals surface area contributed by atoms with Gasteiger partial charge in [-0.1, -0.05) is 0 Å². The summed E-state index contributed by atoms with van der Waals surface area (Å²) in [4.78, 5) is 21.2. The standard InChI is InChI=1S/C4H6N4O3S2/c5-1(12)7-3(9)11-4(10)8-2(6)13/h(H3,5,7,9,12)(H3,6,8,10,13). The molecule has 0 saturated carbocycles. The van der Waals surface area contributed by atoms with Gasteiger partial charge in [0, 0.05) is 0 Å². The van der Waals surface area contributed by atoms with Crippen LogP contribution in [-0.4, -0.2) is 22.4 Å². The molecule has 0 aliphatic rings. The lowest BCUT2D eigenvalue weighted by atomic mass is 10.9. The van der Waals surface area contributed by atoms with Crippen molar-refractivity contribution in [2.45, 2.75) is 0 Å². The molecule has 0 aromatic heterocycles. The van der Waals surface area contributed by atoms with Gasteiger partial charge in [0.05, 0.1) is 0 Å². The summed E-state index contributed by atoms with van der Waals surface area (Å²) >= 11 is 8.59. The number of amides is 2. The zero-order valence-electron chi connectivity index (χ0n) is 6.20. The first-order chi connectivity index (χ1) is 5.91. The van der Waals surface area contributed by atoms with E-state index in [1.807, 2.05) is 10.6 Å². The molecular formula is C4H6N4O3S2. The maximum Gasteiger partial charge on any atom is 0.422 e. The lowest BCUT2D eigenvalue weighted by Crippen LogP contribution is -2.41. The van der Waals surface area contributed by atoms with E-state index >= 15 is 0 Å². The summed E-state index contributed by atoms with van der Waals surface area (Å²) in [6.45, 7) is 0. The van der Waals surface area contributed by atoms with Crippen molar-refractivity contribution in [1.82, 2.24) is 10.6 Å². The summed E-state index contributed by atoms with van der Waals surface area (Å²) in [6, 6.07) is 0. The molecule has 0 spiro atoms. The molecule has 72 valence electrons. The Kier molecular flexibility index (Phi) is 4.62. The van der Waals surface area contributed by atoms with Gasteiger partial charge < -0.3 is 16.2 Å². The third-order valence-electron chi connectivity index (χ3n) is 0.636. The number of nitrogens with two attached hydrogens (primary N) is 2. The summed E-state index contributed by atoms with van der Waals surface area (Å²) in [6.07, 6.45) is -2.22. The molecule has 6 N–H and O–H groups in total. The largest absolute Gasteiger partial charge is 0.422 e. The van der Waals surface area contributed by atoms with E-state index in [0.717, 1.165) is 0 Å². The van der Waals surface area contributed by atoms with E-state index in [0.29, 0.717) is 0 Å². The Morgan fingerprint density at radius 3 is 1.54 bits per heavy atom. The minimum Gasteiger partial charge on any atom is -0.376 e. The summed E-state index contributed by atoms with van der Waals surface area (Å²) in [5.74, 6) is 0. The van der Waals surface area contributed by atoms with Gasteiger partial charge in [-0.3, -0.25) is 10.6 Å². The van der Waals surface area contributed by atoms with Crippen LogP contribution in [0.1, 0.15) is 0 Å². The Bertz CT molecular complexity index is 240. The minimum atomic E-state index is -1.11. The SMILES string of the molecule is NC(=S)NC(=O)OC(=O)NC(N)=S. The maximum atomic E-state index is 10.6. The van der Waals surface area contributed by atoms with Crippen LogP contribution in [-0.2, 0) is 4.74 Å². The number of thiocarbonyl (C=S) groups is 2. The lowest BCUT2D eigenvalue weighted by Gasteiger charge is -2.03. The summed E-state index contributed by atoms with van der Waals surface area (Å²) < 4.78 is 4.04. The second kappa shape index (κ2) is 5.22. The van der Waals surface area contributed by atoms with Crippen molar-refractivity contribution in [2.75, 3.05) is 0 Å². The zero-order valence-corrected chi connectivity index (χ0v) is 7.83. The van der Waals surface area contributed by atoms with Crippen LogP contribution in [0.5, 0.6) is 0 Å². The molecule has 0 saturated heterocycles. The Morgan fingerprint density at radius 1 is 1.00 bits per heavy atom. The highest BCUT2D eigenvalue weighted by Crippen LogP contribution is 1.79. The fraction of sp³-hybridized carbons (Fsp3) is 0. The molecule has 0 aromatic carbocycles. The van der Waals surface area contributed by atoms with Crippen LogP contribution in [0.4, 0.5) is 9.59 Å². The van der Waals surface area contributed by atoms with Gasteiger partial charge in [0.1, 0.15) is 0 Å². The fourth-order valence-electron chi connectivity index (χ4n) is 0.336. The molecule has 9 heteroatoms. The van der Waals surface area contributed by atoms with Crippen molar-refractivity contribution in [3.05, 3.63) is 0 Å². The highest BCUT2D eigenvalue weighted by molar-refractivity contribution is 7.80. The van der Waals surface area contributed by atoms with Gasteiger partial charge in [0.2, 0.25) is 0 Å². The number of hydrogen-bond acceptors (Lipinski definition) is 5. The monoisotopic (exact) mass is 222 g/mol. The molecule has 7 nitrogen and oxygen atoms in total. The first-order valence-electron chi connectivity index (χ1n) is 2.80. The Hall–Kier alpha value is -1.48. The normalized spacial score (nSPS) is 8.31. The number of ether oxygens (including phenoxy) is 1. The van der Waals surface area contributed by atoms with Crippen molar-refractivity contribution in [2.24, 2.45) is 11.5 Å². The van der Waals surface area contributed by atoms with E-state index in [9.17, 15) is 9.59 Å². The van der Waals surface area contributed by atoms with Crippen molar-refractivity contribution in [3.63, 3.8) is 0 Å².